The van der Waals surface area contributed by atoms with Crippen LogP contribution in [0.4, 0.5) is 0 Å². The summed E-state index contributed by atoms with van der Waals surface area (Å²) in [4.78, 5) is 13.1. The van der Waals surface area contributed by atoms with E-state index in [0.29, 0.717) is 23.8 Å². The van der Waals surface area contributed by atoms with Crippen LogP contribution >= 0.6 is 11.6 Å². The summed E-state index contributed by atoms with van der Waals surface area (Å²) in [5.41, 5.74) is 3.52. The van der Waals surface area contributed by atoms with E-state index in [-0.39, 0.29) is 23.7 Å². The number of Topliss-reactive ketones (excluding diaryl/α,β-unsaturated/α-hetero) is 1. The minimum absolute atomic E-state index is 0.0383. The van der Waals surface area contributed by atoms with Crippen molar-refractivity contribution in [3.63, 3.8) is 0 Å². The van der Waals surface area contributed by atoms with Crippen LogP contribution in [0.3, 0.4) is 0 Å². The SMILES string of the molecule is CC1(C)c2cc(OCc3ccccc3)c(CCCOc3ccccc3)cc2OC1CC(=O)c1ccc(Cl)cc1. The summed E-state index contributed by atoms with van der Waals surface area (Å²) in [5, 5.41) is 0.612. The Labute approximate surface area is 235 Å². The molecule has 0 spiro atoms. The monoisotopic (exact) mass is 540 g/mol. The van der Waals surface area contributed by atoms with Crippen LogP contribution < -0.4 is 14.2 Å². The average Bonchev–Trinajstić information content (AvgIpc) is 3.19. The molecule has 200 valence electrons. The highest BCUT2D eigenvalue weighted by molar-refractivity contribution is 6.30. The number of halogens is 1. The Morgan fingerprint density at radius 1 is 0.897 bits per heavy atom. The van der Waals surface area contributed by atoms with Gasteiger partial charge in [0.1, 0.15) is 30.0 Å². The predicted octanol–water partition coefficient (Wildman–Crippen LogP) is 8.24. The number of ketones is 1. The molecule has 4 nitrogen and oxygen atoms in total. The van der Waals surface area contributed by atoms with Crippen molar-refractivity contribution in [3.8, 4) is 17.2 Å². The van der Waals surface area contributed by atoms with Gasteiger partial charge >= 0.3 is 0 Å². The highest BCUT2D eigenvalue weighted by Gasteiger charge is 2.43. The molecule has 5 heteroatoms. The van der Waals surface area contributed by atoms with Crippen LogP contribution in [0.1, 0.15) is 53.7 Å². The van der Waals surface area contributed by atoms with Crippen molar-refractivity contribution >= 4 is 17.4 Å². The molecule has 0 bridgehead atoms. The fourth-order valence-corrected chi connectivity index (χ4v) is 5.06. The number of carbonyl (C=O) groups excluding carboxylic acids is 1. The van der Waals surface area contributed by atoms with Gasteiger partial charge in [-0.1, -0.05) is 74.0 Å². The van der Waals surface area contributed by atoms with Gasteiger partial charge in [0.15, 0.2) is 5.78 Å². The fraction of sp³-hybridized carbons (Fsp3) is 0.265. The van der Waals surface area contributed by atoms with Crippen LogP contribution in [0.25, 0.3) is 0 Å². The zero-order chi connectivity index (χ0) is 27.2. The molecule has 0 N–H and O–H groups in total. The molecule has 1 aliphatic heterocycles. The Morgan fingerprint density at radius 3 is 2.31 bits per heavy atom. The molecule has 39 heavy (non-hydrogen) atoms. The van der Waals surface area contributed by atoms with Gasteiger partial charge in [-0.05, 0) is 72.5 Å². The number of benzene rings is 4. The number of ether oxygens (including phenoxy) is 3. The van der Waals surface area contributed by atoms with Crippen molar-refractivity contribution in [3.05, 3.63) is 124 Å². The lowest BCUT2D eigenvalue weighted by Gasteiger charge is -2.25. The Hall–Kier alpha value is -3.76. The quantitative estimate of drug-likeness (QED) is 0.142. The first-order valence-electron chi connectivity index (χ1n) is 13.4. The maximum atomic E-state index is 13.1. The molecule has 0 fully saturated rings. The predicted molar refractivity (Wildman–Crippen MR) is 155 cm³/mol. The molecule has 0 saturated carbocycles. The van der Waals surface area contributed by atoms with E-state index >= 15 is 0 Å². The zero-order valence-corrected chi connectivity index (χ0v) is 23.1. The lowest BCUT2D eigenvalue weighted by molar-refractivity contribution is 0.0866. The van der Waals surface area contributed by atoms with E-state index in [1.807, 2.05) is 48.5 Å². The molecular formula is C34H33ClO4. The fourth-order valence-electron chi connectivity index (χ4n) is 4.93. The van der Waals surface area contributed by atoms with Crippen LogP contribution in [0.5, 0.6) is 17.2 Å². The van der Waals surface area contributed by atoms with Gasteiger partial charge in [-0.25, -0.2) is 0 Å². The Bertz CT molecular complexity index is 1400. The molecule has 5 rings (SSSR count). The summed E-state index contributed by atoms with van der Waals surface area (Å²) < 4.78 is 18.7. The number of hydrogen-bond acceptors (Lipinski definition) is 4. The van der Waals surface area contributed by atoms with Crippen molar-refractivity contribution in [2.45, 2.75) is 51.2 Å². The molecule has 0 saturated heterocycles. The van der Waals surface area contributed by atoms with Gasteiger partial charge < -0.3 is 14.2 Å². The minimum atomic E-state index is -0.364. The van der Waals surface area contributed by atoms with Gasteiger partial charge in [-0.2, -0.15) is 0 Å². The Morgan fingerprint density at radius 2 is 1.59 bits per heavy atom. The molecule has 0 amide bonds. The lowest BCUT2D eigenvalue weighted by Crippen LogP contribution is -2.34. The minimum Gasteiger partial charge on any atom is -0.494 e. The lowest BCUT2D eigenvalue weighted by atomic mass is 9.78. The molecule has 4 aromatic carbocycles. The van der Waals surface area contributed by atoms with E-state index in [4.69, 9.17) is 25.8 Å². The molecule has 1 aliphatic rings. The molecule has 0 aliphatic carbocycles. The highest BCUT2D eigenvalue weighted by atomic mass is 35.5. The standard InChI is InChI=1S/C34H33ClO4/c1-34(2)29-21-31(38-23-24-10-5-3-6-11-24)26(12-9-19-37-28-13-7-4-8-14-28)20-32(29)39-33(34)22-30(36)25-15-17-27(35)18-16-25/h3-8,10-11,13-18,20-21,33H,9,12,19,22-23H2,1-2H3. The third-order valence-electron chi connectivity index (χ3n) is 7.31. The summed E-state index contributed by atoms with van der Waals surface area (Å²) in [6.45, 7) is 5.34. The second-order valence-corrected chi connectivity index (χ2v) is 10.9. The van der Waals surface area contributed by atoms with Gasteiger partial charge in [0.25, 0.3) is 0 Å². The van der Waals surface area contributed by atoms with Crippen molar-refractivity contribution in [2.75, 3.05) is 6.61 Å². The summed E-state index contributed by atoms with van der Waals surface area (Å²) in [5.74, 6) is 2.57. The van der Waals surface area contributed by atoms with E-state index < -0.39 is 0 Å². The topological polar surface area (TPSA) is 44.8 Å². The molecular weight excluding hydrogens is 508 g/mol. The van der Waals surface area contributed by atoms with Crippen molar-refractivity contribution < 1.29 is 19.0 Å². The second-order valence-electron chi connectivity index (χ2n) is 10.5. The van der Waals surface area contributed by atoms with Crippen LogP contribution in [0.15, 0.2) is 97.1 Å². The summed E-state index contributed by atoms with van der Waals surface area (Å²) in [6, 6.07) is 31.2. The van der Waals surface area contributed by atoms with E-state index in [1.165, 1.54) is 0 Å². The van der Waals surface area contributed by atoms with Crippen LogP contribution in [0, 0.1) is 0 Å². The second kappa shape index (κ2) is 12.0. The number of para-hydroxylation sites is 1. The first-order valence-corrected chi connectivity index (χ1v) is 13.8. The number of aryl methyl sites for hydroxylation is 1. The van der Waals surface area contributed by atoms with Gasteiger partial charge in [-0.3, -0.25) is 4.79 Å². The first-order chi connectivity index (χ1) is 18.9. The van der Waals surface area contributed by atoms with Gasteiger partial charge in [0.05, 0.1) is 6.61 Å². The summed E-state index contributed by atoms with van der Waals surface area (Å²) in [6.07, 6.45) is 1.61. The smallest absolute Gasteiger partial charge is 0.166 e. The third-order valence-corrected chi connectivity index (χ3v) is 7.56. The molecule has 0 radical (unpaired) electrons. The maximum Gasteiger partial charge on any atom is 0.166 e. The number of rotatable bonds is 11. The van der Waals surface area contributed by atoms with Crippen molar-refractivity contribution in [2.24, 2.45) is 0 Å². The number of carbonyl (C=O) groups is 1. The third kappa shape index (κ3) is 6.46. The molecule has 0 aromatic heterocycles. The van der Waals surface area contributed by atoms with Gasteiger partial charge in [-0.15, -0.1) is 0 Å². The Balaban J connectivity index is 1.34. The van der Waals surface area contributed by atoms with E-state index in [2.05, 4.69) is 38.1 Å². The number of hydrogen-bond donors (Lipinski definition) is 0. The normalized spacial score (nSPS) is 15.3. The van der Waals surface area contributed by atoms with E-state index in [9.17, 15) is 4.79 Å². The first kappa shape index (κ1) is 26.8. The largest absolute Gasteiger partial charge is 0.494 e. The van der Waals surface area contributed by atoms with Gasteiger partial charge in [0, 0.05) is 28.0 Å². The van der Waals surface area contributed by atoms with Crippen molar-refractivity contribution in [1.82, 2.24) is 0 Å². The molecule has 1 atom stereocenters. The maximum absolute atomic E-state index is 13.1. The van der Waals surface area contributed by atoms with E-state index in [1.54, 1.807) is 24.3 Å². The highest BCUT2D eigenvalue weighted by Crippen LogP contribution is 2.47. The number of fused-ring (bicyclic) bond motifs is 1. The molecule has 4 aromatic rings. The van der Waals surface area contributed by atoms with Crippen LogP contribution in [0.2, 0.25) is 5.02 Å². The summed E-state index contributed by atoms with van der Waals surface area (Å²) in [7, 11) is 0. The Kier molecular flexibility index (Phi) is 8.23. The van der Waals surface area contributed by atoms with Crippen LogP contribution in [-0.4, -0.2) is 18.5 Å². The molecule has 1 heterocycles. The van der Waals surface area contributed by atoms with Crippen LogP contribution in [-0.2, 0) is 18.4 Å². The van der Waals surface area contributed by atoms with Gasteiger partial charge in [0.2, 0.25) is 0 Å². The van der Waals surface area contributed by atoms with E-state index in [0.717, 1.165) is 46.8 Å². The van der Waals surface area contributed by atoms with Crippen molar-refractivity contribution in [1.29, 1.82) is 0 Å². The average molecular weight is 541 g/mol. The molecule has 1 unspecified atom stereocenters. The summed E-state index contributed by atoms with van der Waals surface area (Å²) >= 11 is 6.01. The zero-order valence-electron chi connectivity index (χ0n) is 22.4.